The van der Waals surface area contributed by atoms with Crippen molar-refractivity contribution < 1.29 is 0 Å². The molecule has 0 amide bonds. The van der Waals surface area contributed by atoms with E-state index in [4.69, 9.17) is 0 Å². The smallest absolute Gasteiger partial charge is 0.0547 e. The van der Waals surface area contributed by atoms with E-state index in [2.05, 4.69) is 54.2 Å². The number of aromatic nitrogens is 1. The van der Waals surface area contributed by atoms with E-state index in [0.29, 0.717) is 6.04 Å². The van der Waals surface area contributed by atoms with Gasteiger partial charge in [0.1, 0.15) is 0 Å². The van der Waals surface area contributed by atoms with Gasteiger partial charge in [0, 0.05) is 24.8 Å². The molecule has 1 aromatic rings. The van der Waals surface area contributed by atoms with Crippen LogP contribution in [0.2, 0.25) is 0 Å². The summed E-state index contributed by atoms with van der Waals surface area (Å²) in [6, 6.07) is 6.95. The van der Waals surface area contributed by atoms with Gasteiger partial charge in [-0.25, -0.2) is 0 Å². The van der Waals surface area contributed by atoms with Gasteiger partial charge in [-0.2, -0.15) is 0 Å². The molecule has 0 spiro atoms. The minimum atomic E-state index is 0.657. The first-order valence-corrected chi connectivity index (χ1v) is 7.07. The maximum absolute atomic E-state index is 4.60. The molecule has 1 aliphatic heterocycles. The molecule has 100 valence electrons. The molecule has 1 saturated heterocycles. The molecule has 0 radical (unpaired) electrons. The molecule has 2 atom stereocenters. The van der Waals surface area contributed by atoms with Crippen LogP contribution in [0.3, 0.4) is 0 Å². The van der Waals surface area contributed by atoms with E-state index >= 15 is 0 Å². The fourth-order valence-electron chi connectivity index (χ4n) is 2.72. The molecule has 3 heteroatoms. The van der Waals surface area contributed by atoms with Crippen LogP contribution in [0.15, 0.2) is 18.2 Å². The van der Waals surface area contributed by atoms with Crippen LogP contribution >= 0.6 is 0 Å². The van der Waals surface area contributed by atoms with Gasteiger partial charge < -0.3 is 5.32 Å². The van der Waals surface area contributed by atoms with Crippen molar-refractivity contribution >= 4 is 0 Å². The summed E-state index contributed by atoms with van der Waals surface area (Å²) in [5.41, 5.74) is 2.30. The molecule has 1 fully saturated rings. The number of hydrogen-bond donors (Lipinski definition) is 1. The Balaban J connectivity index is 1.92. The molecule has 0 aromatic carbocycles. The lowest BCUT2D eigenvalue weighted by molar-refractivity contribution is 0.223. The number of rotatable bonds is 5. The largest absolute Gasteiger partial charge is 0.314 e. The first-order valence-electron chi connectivity index (χ1n) is 7.07. The lowest BCUT2D eigenvalue weighted by Gasteiger charge is -2.25. The molecule has 2 unspecified atom stereocenters. The predicted molar refractivity (Wildman–Crippen MR) is 75.5 cm³/mol. The van der Waals surface area contributed by atoms with Crippen molar-refractivity contribution in [1.29, 1.82) is 0 Å². The van der Waals surface area contributed by atoms with Gasteiger partial charge in [0.15, 0.2) is 0 Å². The second-order valence-electron chi connectivity index (χ2n) is 5.39. The molecular weight excluding hydrogens is 222 g/mol. The zero-order valence-corrected chi connectivity index (χ0v) is 11.8. The molecule has 1 aliphatic rings. The lowest BCUT2D eigenvalue weighted by Crippen LogP contribution is -2.34. The molecule has 0 aliphatic carbocycles. The third-order valence-electron chi connectivity index (χ3n) is 3.96. The summed E-state index contributed by atoms with van der Waals surface area (Å²) in [6.45, 7) is 11.0. The Bertz CT molecular complexity index is 378. The van der Waals surface area contributed by atoms with Gasteiger partial charge in [-0.05, 0) is 51.4 Å². The van der Waals surface area contributed by atoms with Crippen molar-refractivity contribution in [2.45, 2.75) is 39.8 Å². The predicted octanol–water partition coefficient (Wildman–Crippen LogP) is 2.21. The summed E-state index contributed by atoms with van der Waals surface area (Å²) >= 11 is 0. The summed E-state index contributed by atoms with van der Waals surface area (Å²) < 4.78 is 0. The molecule has 1 N–H and O–H groups in total. The van der Waals surface area contributed by atoms with Crippen LogP contribution in [0.5, 0.6) is 0 Å². The fraction of sp³-hybridized carbons (Fsp3) is 0.667. The van der Waals surface area contributed by atoms with Gasteiger partial charge in [0.05, 0.1) is 5.69 Å². The van der Waals surface area contributed by atoms with E-state index in [1.807, 2.05) is 0 Å². The second-order valence-corrected chi connectivity index (χ2v) is 5.39. The van der Waals surface area contributed by atoms with Gasteiger partial charge >= 0.3 is 0 Å². The number of nitrogens with one attached hydrogen (secondary N) is 1. The molecule has 3 nitrogen and oxygen atoms in total. The summed E-state index contributed by atoms with van der Waals surface area (Å²) in [7, 11) is 0. The van der Waals surface area contributed by atoms with Gasteiger partial charge in [-0.1, -0.05) is 13.0 Å². The molecular formula is C15H25N3. The standard InChI is InChI=1S/C15H25N3/c1-4-18(10-14-8-9-16-13(14)3)11-15-7-5-6-12(2)17-15/h5-7,13-14,16H,4,8-11H2,1-3H3. The zero-order valence-electron chi connectivity index (χ0n) is 11.8. The highest BCUT2D eigenvalue weighted by molar-refractivity contribution is 5.09. The van der Waals surface area contributed by atoms with E-state index in [9.17, 15) is 0 Å². The summed E-state index contributed by atoms with van der Waals surface area (Å²) in [5.74, 6) is 0.787. The Morgan fingerprint density at radius 1 is 1.44 bits per heavy atom. The van der Waals surface area contributed by atoms with Gasteiger partial charge in [0.2, 0.25) is 0 Å². The maximum Gasteiger partial charge on any atom is 0.0547 e. The van der Waals surface area contributed by atoms with Crippen LogP contribution in [-0.4, -0.2) is 35.6 Å². The summed E-state index contributed by atoms with van der Waals surface area (Å²) in [6.07, 6.45) is 1.30. The molecule has 18 heavy (non-hydrogen) atoms. The van der Waals surface area contributed by atoms with Crippen molar-refractivity contribution in [3.8, 4) is 0 Å². The summed E-state index contributed by atoms with van der Waals surface area (Å²) in [4.78, 5) is 7.11. The van der Waals surface area contributed by atoms with Crippen LogP contribution in [0.1, 0.15) is 31.7 Å². The van der Waals surface area contributed by atoms with Crippen LogP contribution in [0.4, 0.5) is 0 Å². The van der Waals surface area contributed by atoms with E-state index in [1.165, 1.54) is 25.2 Å². The highest BCUT2D eigenvalue weighted by atomic mass is 15.1. The SMILES string of the molecule is CCN(Cc1cccc(C)n1)CC1CCNC1C. The Hall–Kier alpha value is -0.930. The number of hydrogen-bond acceptors (Lipinski definition) is 3. The molecule has 1 aromatic heterocycles. The number of nitrogens with zero attached hydrogens (tertiary/aromatic N) is 2. The topological polar surface area (TPSA) is 28.2 Å². The minimum absolute atomic E-state index is 0.657. The molecule has 0 bridgehead atoms. The van der Waals surface area contributed by atoms with Crippen molar-refractivity contribution in [2.75, 3.05) is 19.6 Å². The Morgan fingerprint density at radius 2 is 2.28 bits per heavy atom. The number of pyridine rings is 1. The first-order chi connectivity index (χ1) is 8.69. The van der Waals surface area contributed by atoms with Crippen molar-refractivity contribution in [3.63, 3.8) is 0 Å². The van der Waals surface area contributed by atoms with Gasteiger partial charge in [0.25, 0.3) is 0 Å². The highest BCUT2D eigenvalue weighted by Gasteiger charge is 2.24. The van der Waals surface area contributed by atoms with Gasteiger partial charge in [-0.15, -0.1) is 0 Å². The highest BCUT2D eigenvalue weighted by Crippen LogP contribution is 2.17. The summed E-state index contributed by atoms with van der Waals surface area (Å²) in [5, 5.41) is 3.53. The first kappa shape index (κ1) is 13.5. The van der Waals surface area contributed by atoms with Crippen LogP contribution in [0.25, 0.3) is 0 Å². The Morgan fingerprint density at radius 3 is 2.89 bits per heavy atom. The van der Waals surface area contributed by atoms with E-state index < -0.39 is 0 Å². The average Bonchev–Trinajstić information content (AvgIpc) is 2.74. The van der Waals surface area contributed by atoms with Crippen LogP contribution in [0, 0.1) is 12.8 Å². The van der Waals surface area contributed by atoms with E-state index in [0.717, 1.165) is 24.7 Å². The normalized spacial score (nSPS) is 23.8. The van der Waals surface area contributed by atoms with E-state index in [1.54, 1.807) is 0 Å². The number of aryl methyl sites for hydroxylation is 1. The fourth-order valence-corrected chi connectivity index (χ4v) is 2.72. The van der Waals surface area contributed by atoms with Crippen LogP contribution in [-0.2, 0) is 6.54 Å². The minimum Gasteiger partial charge on any atom is -0.314 e. The lowest BCUT2D eigenvalue weighted by atomic mass is 10.0. The third kappa shape index (κ3) is 3.53. The van der Waals surface area contributed by atoms with E-state index in [-0.39, 0.29) is 0 Å². The third-order valence-corrected chi connectivity index (χ3v) is 3.96. The quantitative estimate of drug-likeness (QED) is 0.864. The van der Waals surface area contributed by atoms with Crippen LogP contribution < -0.4 is 5.32 Å². The van der Waals surface area contributed by atoms with Crippen molar-refractivity contribution in [3.05, 3.63) is 29.6 Å². The second kappa shape index (κ2) is 6.30. The molecule has 2 heterocycles. The Labute approximate surface area is 111 Å². The van der Waals surface area contributed by atoms with Crippen molar-refractivity contribution in [2.24, 2.45) is 5.92 Å². The van der Waals surface area contributed by atoms with Gasteiger partial charge in [-0.3, -0.25) is 9.88 Å². The zero-order chi connectivity index (χ0) is 13.0. The molecule has 0 saturated carbocycles. The average molecular weight is 247 g/mol. The maximum atomic E-state index is 4.60. The monoisotopic (exact) mass is 247 g/mol. The Kier molecular flexibility index (Phi) is 4.72. The van der Waals surface area contributed by atoms with Crippen molar-refractivity contribution in [1.82, 2.24) is 15.2 Å². The molecule has 2 rings (SSSR count).